The van der Waals surface area contributed by atoms with Gasteiger partial charge in [0.2, 0.25) is 5.91 Å². The van der Waals surface area contributed by atoms with E-state index in [1.165, 1.54) is 70.6 Å². The summed E-state index contributed by atoms with van der Waals surface area (Å²) in [4.78, 5) is 13.0. The second kappa shape index (κ2) is 27.7. The Morgan fingerprint density at radius 1 is 0.735 bits per heavy atom. The molecule has 1 amide bonds. The number of carbonyl (C=O) groups is 1. The van der Waals surface area contributed by atoms with Crippen LogP contribution in [0, 0.1) is 0 Å². The van der Waals surface area contributed by atoms with Crippen LogP contribution in [0.5, 0.6) is 0 Å². The molecule has 49 heavy (non-hydrogen) atoms. The Morgan fingerprint density at radius 2 is 1.18 bits per heavy atom. The highest BCUT2D eigenvalue weighted by Gasteiger charge is 2.48. The summed E-state index contributed by atoms with van der Waals surface area (Å²) in [5.74, 6) is -0.673. The third kappa shape index (κ3) is 21.2. The molecule has 1 saturated heterocycles. The fraction of sp³-hybridized carbons (Fsp3) is 0.971. The zero-order valence-electron chi connectivity index (χ0n) is 30.1. The molecule has 0 aromatic carbocycles. The minimum Gasteiger partial charge on any atom is -0.394 e. The lowest BCUT2D eigenvalue weighted by Gasteiger charge is -2.41. The molecule has 1 fully saturated rings. The summed E-state index contributed by atoms with van der Waals surface area (Å²) >= 11 is 0. The molecule has 0 aliphatic carbocycles. The number of hydrogen-bond acceptors (Lipinski definition) is 11. The minimum absolute atomic E-state index is 0.264. The minimum atomic E-state index is -5.10. The van der Waals surface area contributed by atoms with Gasteiger partial charge in [-0.25, -0.2) is 4.18 Å². The zero-order chi connectivity index (χ0) is 36.5. The Kier molecular flexibility index (Phi) is 26.0. The third-order valence-electron chi connectivity index (χ3n) is 9.27. The number of unbranched alkanes of at least 4 members (excludes halogenated alkanes) is 18. The molecule has 0 radical (unpaired) electrons. The number of amides is 1. The molecule has 0 bridgehead atoms. The van der Waals surface area contributed by atoms with Gasteiger partial charge in [0.1, 0.15) is 30.5 Å². The van der Waals surface area contributed by atoms with Crippen LogP contribution in [0.2, 0.25) is 0 Å². The number of carbonyl (C=O) groups excluding carboxylic acids is 1. The van der Waals surface area contributed by atoms with Crippen molar-refractivity contribution in [2.24, 2.45) is 0 Å². The number of nitrogens with one attached hydrogen (secondary N) is 1. The van der Waals surface area contributed by atoms with Crippen molar-refractivity contribution in [3.8, 4) is 0 Å². The van der Waals surface area contributed by atoms with Gasteiger partial charge in [0, 0.05) is 0 Å². The predicted molar refractivity (Wildman–Crippen MR) is 187 cm³/mol. The topological polar surface area (TPSA) is 212 Å². The van der Waals surface area contributed by atoms with Gasteiger partial charge in [-0.15, -0.1) is 0 Å². The van der Waals surface area contributed by atoms with Crippen molar-refractivity contribution in [2.75, 3.05) is 13.2 Å². The van der Waals surface area contributed by atoms with E-state index in [0.29, 0.717) is 19.3 Å². The number of rotatable bonds is 31. The van der Waals surface area contributed by atoms with Gasteiger partial charge in [0.05, 0.1) is 25.4 Å². The smallest absolute Gasteiger partial charge is 0.394 e. The van der Waals surface area contributed by atoms with E-state index in [-0.39, 0.29) is 6.42 Å². The van der Waals surface area contributed by atoms with Crippen LogP contribution >= 0.6 is 0 Å². The van der Waals surface area contributed by atoms with E-state index < -0.39 is 78.5 Å². The molecule has 14 heteroatoms. The first-order chi connectivity index (χ1) is 23.4. The van der Waals surface area contributed by atoms with Crippen molar-refractivity contribution in [3.63, 3.8) is 0 Å². The van der Waals surface area contributed by atoms with Gasteiger partial charge in [-0.1, -0.05) is 142 Å². The molecule has 1 aliphatic rings. The van der Waals surface area contributed by atoms with Crippen molar-refractivity contribution < 1.29 is 57.0 Å². The van der Waals surface area contributed by atoms with Crippen molar-refractivity contribution in [2.45, 2.75) is 204 Å². The number of aliphatic hydroxyl groups excluding tert-OH is 5. The van der Waals surface area contributed by atoms with Gasteiger partial charge in [0.15, 0.2) is 6.29 Å². The largest absolute Gasteiger partial charge is 0.397 e. The van der Waals surface area contributed by atoms with Gasteiger partial charge in [-0.2, -0.15) is 8.42 Å². The van der Waals surface area contributed by atoms with E-state index in [1.54, 1.807) is 0 Å². The summed E-state index contributed by atoms with van der Waals surface area (Å²) in [5.41, 5.74) is 0. The van der Waals surface area contributed by atoms with E-state index >= 15 is 0 Å². The summed E-state index contributed by atoms with van der Waals surface area (Å²) in [6.07, 6.45) is 11.9. The molecule has 1 aliphatic heterocycles. The third-order valence-corrected chi connectivity index (χ3v) is 9.74. The van der Waals surface area contributed by atoms with Crippen LogP contribution in [0.25, 0.3) is 0 Å². The number of ether oxygens (including phenoxy) is 2. The van der Waals surface area contributed by atoms with E-state index in [2.05, 4.69) is 23.3 Å². The van der Waals surface area contributed by atoms with Crippen molar-refractivity contribution in [1.29, 1.82) is 0 Å². The summed E-state index contributed by atoms with van der Waals surface area (Å²) in [7, 11) is -5.10. The lowest BCUT2D eigenvalue weighted by atomic mass is 9.99. The maximum atomic E-state index is 13.0. The average molecular weight is 728 g/mol. The molecule has 0 spiro atoms. The average Bonchev–Trinajstić information content (AvgIpc) is 3.06. The summed E-state index contributed by atoms with van der Waals surface area (Å²) in [5, 5.41) is 54.8. The summed E-state index contributed by atoms with van der Waals surface area (Å²) in [6, 6.07) is -1.02. The molecule has 8 atom stereocenters. The van der Waals surface area contributed by atoms with Gasteiger partial charge >= 0.3 is 10.4 Å². The summed E-state index contributed by atoms with van der Waals surface area (Å²) < 4.78 is 47.2. The number of hydrogen-bond donors (Lipinski definition) is 7. The quantitative estimate of drug-likeness (QED) is 0.0390. The van der Waals surface area contributed by atoms with Crippen LogP contribution in [0.1, 0.15) is 155 Å². The van der Waals surface area contributed by atoms with Crippen LogP contribution in [-0.2, 0) is 28.9 Å². The zero-order valence-corrected chi connectivity index (χ0v) is 30.9. The van der Waals surface area contributed by atoms with Crippen LogP contribution in [0.15, 0.2) is 0 Å². The van der Waals surface area contributed by atoms with Crippen LogP contribution in [0.4, 0.5) is 0 Å². The molecule has 0 aromatic heterocycles. The maximum absolute atomic E-state index is 13.0. The lowest BCUT2D eigenvalue weighted by molar-refractivity contribution is -0.298. The molecule has 0 aromatic rings. The molecule has 0 saturated carbocycles. The van der Waals surface area contributed by atoms with E-state index in [0.717, 1.165) is 44.9 Å². The van der Waals surface area contributed by atoms with Gasteiger partial charge in [-0.3, -0.25) is 9.35 Å². The van der Waals surface area contributed by atoms with Crippen molar-refractivity contribution in [1.82, 2.24) is 5.32 Å². The predicted octanol–water partition coefficient (Wildman–Crippen LogP) is 4.46. The number of aliphatic hydroxyl groups is 5. The molecular weight excluding hydrogens is 658 g/mol. The molecule has 7 N–H and O–H groups in total. The Bertz CT molecular complexity index is 926. The first-order valence-corrected chi connectivity index (χ1v) is 20.4. The monoisotopic (exact) mass is 727 g/mol. The van der Waals surface area contributed by atoms with E-state index in [9.17, 15) is 38.7 Å². The second-order valence-corrected chi connectivity index (χ2v) is 14.7. The first-order valence-electron chi connectivity index (χ1n) is 19.0. The van der Waals surface area contributed by atoms with Crippen LogP contribution < -0.4 is 5.32 Å². The molecule has 13 nitrogen and oxygen atoms in total. The van der Waals surface area contributed by atoms with E-state index in [1.807, 2.05) is 0 Å². The highest BCUT2D eigenvalue weighted by atomic mass is 32.3. The molecule has 1 heterocycles. The van der Waals surface area contributed by atoms with Crippen molar-refractivity contribution >= 4 is 16.3 Å². The SMILES string of the molecule is CCCCCCCCCCCCCCC(O)C(=O)NC(COC1OC(CO)C(O)C(OS(=O)(=O)O)C1O)C(O)CCCCCCCCCC. The van der Waals surface area contributed by atoms with Gasteiger partial charge < -0.3 is 40.3 Å². The molecule has 292 valence electrons. The van der Waals surface area contributed by atoms with Crippen LogP contribution in [-0.4, -0.2) is 107 Å². The molecule has 8 unspecified atom stereocenters. The Morgan fingerprint density at radius 3 is 1.63 bits per heavy atom. The molecule has 1 rings (SSSR count). The first kappa shape index (κ1) is 46.1. The maximum Gasteiger partial charge on any atom is 0.397 e. The highest BCUT2D eigenvalue weighted by molar-refractivity contribution is 7.80. The fourth-order valence-corrected chi connectivity index (χ4v) is 6.68. The highest BCUT2D eigenvalue weighted by Crippen LogP contribution is 2.26. The second-order valence-electron chi connectivity index (χ2n) is 13.7. The normalized spacial score (nSPS) is 23.3. The Hall–Kier alpha value is -0.940. The standard InChI is InChI=1S/C35H69NO12S/c1-3-5-7-9-11-13-14-15-16-18-20-22-24-29(39)34(42)36-27(28(38)23-21-19-17-12-10-8-6-4-2)26-46-35-32(41)33(48-49(43,44)45)31(40)30(25-37)47-35/h27-33,35,37-41H,3-26H2,1-2H3,(H,36,42)(H,43,44,45). The fourth-order valence-electron chi connectivity index (χ4n) is 6.17. The molecular formula is C35H69NO12S. The van der Waals surface area contributed by atoms with Crippen molar-refractivity contribution in [3.05, 3.63) is 0 Å². The van der Waals surface area contributed by atoms with Crippen LogP contribution in [0.3, 0.4) is 0 Å². The van der Waals surface area contributed by atoms with E-state index in [4.69, 9.17) is 14.0 Å². The Balaban J connectivity index is 2.66. The summed E-state index contributed by atoms with van der Waals surface area (Å²) in [6.45, 7) is 3.19. The lowest BCUT2D eigenvalue weighted by Crippen LogP contribution is -2.61. The Labute approximate surface area is 295 Å². The van der Waals surface area contributed by atoms with Gasteiger partial charge in [-0.05, 0) is 12.8 Å². The van der Waals surface area contributed by atoms with Gasteiger partial charge in [0.25, 0.3) is 0 Å².